The Morgan fingerprint density at radius 3 is 2.19 bits per heavy atom. The van der Waals surface area contributed by atoms with Crippen molar-refractivity contribution in [2.24, 2.45) is 5.73 Å². The number of benzene rings is 3. The Kier molecular flexibility index (Phi) is 5.83. The average Bonchev–Trinajstić information content (AvgIpc) is 3.36. The molecular weight excluding hydrogens is 475 g/mol. The maximum absolute atomic E-state index is 13.3. The standard InChI is InChI=1S/C30H28F3N3O/c31-30(32,33)23-8-10-24(11-9-23)36-27-17-21(29(34)37)7-6-20(27)16-28(36)22-14-25-12-13-26(15-22)35(25)18-19-4-2-1-3-5-19/h1-11,16-17,22,25-26H,12-15,18H2,(H2,34,37)/t22?,25-,26+. The van der Waals surface area contributed by atoms with Crippen molar-refractivity contribution in [3.05, 3.63) is 101 Å². The Hall–Kier alpha value is -3.58. The van der Waals surface area contributed by atoms with Crippen molar-refractivity contribution in [1.82, 2.24) is 9.47 Å². The fraction of sp³-hybridized carbons (Fsp3) is 0.300. The first kappa shape index (κ1) is 23.8. The maximum atomic E-state index is 13.3. The van der Waals surface area contributed by atoms with Crippen LogP contribution in [0.4, 0.5) is 13.2 Å². The highest BCUT2D eigenvalue weighted by Crippen LogP contribution is 2.45. The second-order valence-electron chi connectivity index (χ2n) is 10.3. The number of hydrogen-bond donors (Lipinski definition) is 1. The van der Waals surface area contributed by atoms with Crippen LogP contribution in [0.15, 0.2) is 78.9 Å². The molecule has 2 fully saturated rings. The normalized spacial score (nSPS) is 22.0. The van der Waals surface area contributed by atoms with E-state index < -0.39 is 17.6 Å². The Morgan fingerprint density at radius 2 is 1.57 bits per heavy atom. The molecule has 0 saturated carbocycles. The molecule has 3 atom stereocenters. The second-order valence-corrected chi connectivity index (χ2v) is 10.3. The van der Waals surface area contributed by atoms with Gasteiger partial charge in [0.15, 0.2) is 0 Å². The lowest BCUT2D eigenvalue weighted by molar-refractivity contribution is -0.137. The van der Waals surface area contributed by atoms with Crippen LogP contribution >= 0.6 is 0 Å². The number of rotatable bonds is 5. The van der Waals surface area contributed by atoms with Gasteiger partial charge in [0.05, 0.1) is 11.1 Å². The largest absolute Gasteiger partial charge is 0.416 e. The van der Waals surface area contributed by atoms with E-state index in [-0.39, 0.29) is 5.92 Å². The highest BCUT2D eigenvalue weighted by molar-refractivity contribution is 5.97. The molecule has 2 bridgehead atoms. The topological polar surface area (TPSA) is 51.3 Å². The predicted octanol–water partition coefficient (Wildman–Crippen LogP) is 6.66. The summed E-state index contributed by atoms with van der Waals surface area (Å²) in [5.41, 5.74) is 9.08. The van der Waals surface area contributed by atoms with E-state index in [0.717, 1.165) is 61.0 Å². The molecule has 0 aliphatic carbocycles. The minimum Gasteiger partial charge on any atom is -0.366 e. The number of fused-ring (bicyclic) bond motifs is 3. The van der Waals surface area contributed by atoms with E-state index in [0.29, 0.717) is 23.3 Å². The SMILES string of the molecule is NC(=O)c1ccc2cc(C3C[C@H]4CC[C@@H](C3)N4Cc3ccccc3)n(-c3ccc(C(F)(F)F)cc3)c2c1. The lowest BCUT2D eigenvalue weighted by Gasteiger charge is -2.39. The van der Waals surface area contributed by atoms with Gasteiger partial charge in [0.2, 0.25) is 5.91 Å². The summed E-state index contributed by atoms with van der Waals surface area (Å²) in [6.45, 7) is 0.937. The summed E-state index contributed by atoms with van der Waals surface area (Å²) in [4.78, 5) is 14.5. The molecule has 4 nitrogen and oxygen atoms in total. The van der Waals surface area contributed by atoms with Gasteiger partial charge in [0.25, 0.3) is 0 Å². The zero-order chi connectivity index (χ0) is 25.7. The van der Waals surface area contributed by atoms with Crippen molar-refractivity contribution in [3.8, 4) is 5.69 Å². The molecule has 4 aromatic rings. The zero-order valence-corrected chi connectivity index (χ0v) is 20.3. The number of piperidine rings is 1. The van der Waals surface area contributed by atoms with E-state index in [1.807, 2.05) is 16.7 Å². The Bertz CT molecular complexity index is 1430. The van der Waals surface area contributed by atoms with E-state index in [4.69, 9.17) is 5.73 Å². The van der Waals surface area contributed by atoms with Gasteiger partial charge < -0.3 is 10.3 Å². The van der Waals surface area contributed by atoms with Gasteiger partial charge in [-0.25, -0.2) is 0 Å². The number of halogens is 3. The van der Waals surface area contributed by atoms with E-state index in [9.17, 15) is 18.0 Å². The number of alkyl halides is 3. The summed E-state index contributed by atoms with van der Waals surface area (Å²) in [5, 5.41) is 0.943. The molecule has 2 saturated heterocycles. The van der Waals surface area contributed by atoms with Crippen LogP contribution in [-0.4, -0.2) is 27.5 Å². The number of nitrogens with two attached hydrogens (primary N) is 1. The van der Waals surface area contributed by atoms with Crippen LogP contribution in [0.5, 0.6) is 0 Å². The highest BCUT2D eigenvalue weighted by atomic mass is 19.4. The minimum absolute atomic E-state index is 0.260. The quantitative estimate of drug-likeness (QED) is 0.331. The number of carbonyl (C=O) groups excluding carboxylic acids is 1. The molecule has 0 radical (unpaired) electrons. The second kappa shape index (κ2) is 9.06. The molecule has 2 aliphatic heterocycles. The molecule has 1 unspecified atom stereocenters. The smallest absolute Gasteiger partial charge is 0.366 e. The fourth-order valence-electron chi connectivity index (χ4n) is 6.33. The third-order valence-electron chi connectivity index (χ3n) is 8.08. The summed E-state index contributed by atoms with van der Waals surface area (Å²) in [6.07, 6.45) is -0.114. The van der Waals surface area contributed by atoms with Crippen LogP contribution in [0.1, 0.15) is 58.8 Å². The van der Waals surface area contributed by atoms with Gasteiger partial charge >= 0.3 is 6.18 Å². The molecule has 37 heavy (non-hydrogen) atoms. The van der Waals surface area contributed by atoms with Gasteiger partial charge in [-0.1, -0.05) is 36.4 Å². The first-order valence-electron chi connectivity index (χ1n) is 12.7. The lowest BCUT2D eigenvalue weighted by Crippen LogP contribution is -2.41. The summed E-state index contributed by atoms with van der Waals surface area (Å²) >= 11 is 0. The van der Waals surface area contributed by atoms with Crippen LogP contribution in [0.2, 0.25) is 0 Å². The number of aromatic nitrogens is 1. The monoisotopic (exact) mass is 503 g/mol. The number of primary amides is 1. The molecule has 2 aliphatic rings. The molecule has 6 rings (SSSR count). The number of carbonyl (C=O) groups is 1. The van der Waals surface area contributed by atoms with Gasteiger partial charge in [0, 0.05) is 46.9 Å². The molecule has 3 aromatic carbocycles. The molecule has 7 heteroatoms. The van der Waals surface area contributed by atoms with Gasteiger partial charge in [-0.15, -0.1) is 0 Å². The maximum Gasteiger partial charge on any atom is 0.416 e. The van der Waals surface area contributed by atoms with Gasteiger partial charge in [-0.2, -0.15) is 13.2 Å². The van der Waals surface area contributed by atoms with E-state index in [2.05, 4.69) is 35.2 Å². The molecule has 1 aromatic heterocycles. The third kappa shape index (κ3) is 4.42. The Labute approximate surface area is 213 Å². The van der Waals surface area contributed by atoms with Crippen molar-refractivity contribution in [3.63, 3.8) is 0 Å². The van der Waals surface area contributed by atoms with Gasteiger partial charge in [-0.05, 0) is 73.7 Å². The molecular formula is C30H28F3N3O. The van der Waals surface area contributed by atoms with Crippen LogP contribution < -0.4 is 5.73 Å². The summed E-state index contributed by atoms with van der Waals surface area (Å²) < 4.78 is 41.8. The summed E-state index contributed by atoms with van der Waals surface area (Å²) in [7, 11) is 0. The van der Waals surface area contributed by atoms with Crippen molar-refractivity contribution in [2.75, 3.05) is 0 Å². The van der Waals surface area contributed by atoms with Crippen LogP contribution in [0.25, 0.3) is 16.6 Å². The number of hydrogen-bond acceptors (Lipinski definition) is 2. The highest BCUT2D eigenvalue weighted by Gasteiger charge is 2.42. The molecule has 190 valence electrons. The Morgan fingerprint density at radius 1 is 0.892 bits per heavy atom. The first-order chi connectivity index (χ1) is 17.8. The Balaban J connectivity index is 1.39. The zero-order valence-electron chi connectivity index (χ0n) is 20.3. The first-order valence-corrected chi connectivity index (χ1v) is 12.7. The molecule has 0 spiro atoms. The van der Waals surface area contributed by atoms with Gasteiger partial charge in [0.1, 0.15) is 0 Å². The van der Waals surface area contributed by atoms with E-state index in [1.165, 1.54) is 17.7 Å². The van der Waals surface area contributed by atoms with Crippen LogP contribution in [0.3, 0.4) is 0 Å². The molecule has 2 N–H and O–H groups in total. The van der Waals surface area contributed by atoms with Crippen LogP contribution in [-0.2, 0) is 12.7 Å². The van der Waals surface area contributed by atoms with E-state index >= 15 is 0 Å². The van der Waals surface area contributed by atoms with Gasteiger partial charge in [-0.3, -0.25) is 9.69 Å². The summed E-state index contributed by atoms with van der Waals surface area (Å²) in [6, 6.07) is 24.2. The van der Waals surface area contributed by atoms with Crippen molar-refractivity contribution in [2.45, 2.75) is 56.4 Å². The molecule has 3 heterocycles. The van der Waals surface area contributed by atoms with E-state index in [1.54, 1.807) is 12.1 Å². The van der Waals surface area contributed by atoms with Crippen molar-refractivity contribution in [1.29, 1.82) is 0 Å². The average molecular weight is 504 g/mol. The van der Waals surface area contributed by atoms with Crippen molar-refractivity contribution >= 4 is 16.8 Å². The lowest BCUT2D eigenvalue weighted by atomic mass is 9.87. The fourth-order valence-corrected chi connectivity index (χ4v) is 6.33. The predicted molar refractivity (Wildman–Crippen MR) is 138 cm³/mol. The minimum atomic E-state index is -4.40. The third-order valence-corrected chi connectivity index (χ3v) is 8.08. The number of amides is 1. The van der Waals surface area contributed by atoms with Crippen LogP contribution in [0, 0.1) is 0 Å². The van der Waals surface area contributed by atoms with Crippen molar-refractivity contribution < 1.29 is 18.0 Å². The number of nitrogens with zero attached hydrogens (tertiary/aromatic N) is 2. The molecule has 1 amide bonds. The summed E-state index contributed by atoms with van der Waals surface area (Å²) in [5.74, 6) is -0.271.